The molecule has 3 rings (SSSR count). The number of hydrogen-bond acceptors (Lipinski definition) is 5. The van der Waals surface area contributed by atoms with Crippen LogP contribution in [0.4, 0.5) is 17.2 Å². The largest absolute Gasteiger partial charge is 0.340 e. The van der Waals surface area contributed by atoms with Crippen molar-refractivity contribution in [1.82, 2.24) is 19.5 Å². The molecule has 1 amide bonds. The molecule has 2 N–H and O–H groups in total. The number of aromatic nitrogens is 4. The van der Waals surface area contributed by atoms with Crippen molar-refractivity contribution in [2.45, 2.75) is 26.2 Å². The van der Waals surface area contributed by atoms with E-state index in [1.165, 1.54) is 6.33 Å². The van der Waals surface area contributed by atoms with E-state index in [9.17, 15) is 4.79 Å². The normalized spacial score (nSPS) is 10.4. The Bertz CT molecular complexity index is 814. The second-order valence-corrected chi connectivity index (χ2v) is 5.59. The van der Waals surface area contributed by atoms with E-state index in [-0.39, 0.29) is 5.91 Å². The molecule has 0 unspecified atom stereocenters. The quantitative estimate of drug-likeness (QED) is 0.689. The second-order valence-electron chi connectivity index (χ2n) is 5.59. The summed E-state index contributed by atoms with van der Waals surface area (Å²) in [5, 5.41) is 6.12. The number of hydrogen-bond donors (Lipinski definition) is 2. The summed E-state index contributed by atoms with van der Waals surface area (Å²) in [6.07, 6.45) is 9.16. The van der Waals surface area contributed by atoms with Gasteiger partial charge in [-0.05, 0) is 30.7 Å². The topological polar surface area (TPSA) is 84.7 Å². The highest BCUT2D eigenvalue weighted by Crippen LogP contribution is 2.18. The Morgan fingerprint density at radius 3 is 2.68 bits per heavy atom. The van der Waals surface area contributed by atoms with Crippen LogP contribution < -0.4 is 10.6 Å². The van der Waals surface area contributed by atoms with Crippen molar-refractivity contribution in [2.24, 2.45) is 0 Å². The lowest BCUT2D eigenvalue weighted by Crippen LogP contribution is -2.10. The van der Waals surface area contributed by atoms with Crippen molar-refractivity contribution in [3.8, 4) is 5.82 Å². The maximum atomic E-state index is 11.7. The highest BCUT2D eigenvalue weighted by atomic mass is 16.1. The third kappa shape index (κ3) is 4.63. The van der Waals surface area contributed by atoms with Crippen LogP contribution in [0.25, 0.3) is 5.82 Å². The van der Waals surface area contributed by atoms with E-state index < -0.39 is 0 Å². The third-order valence-corrected chi connectivity index (χ3v) is 3.62. The monoisotopic (exact) mass is 336 g/mol. The van der Waals surface area contributed by atoms with Gasteiger partial charge in [-0.1, -0.05) is 13.3 Å². The molecule has 0 spiro atoms. The summed E-state index contributed by atoms with van der Waals surface area (Å²) in [7, 11) is 0. The summed E-state index contributed by atoms with van der Waals surface area (Å²) in [5.74, 6) is 1.46. The number of benzene rings is 1. The summed E-state index contributed by atoms with van der Waals surface area (Å²) < 4.78 is 1.81. The lowest BCUT2D eigenvalue weighted by Gasteiger charge is -2.09. The van der Waals surface area contributed by atoms with Gasteiger partial charge in [0.15, 0.2) is 0 Å². The Morgan fingerprint density at radius 2 is 1.96 bits per heavy atom. The molecule has 0 radical (unpaired) electrons. The molecule has 0 atom stereocenters. The van der Waals surface area contributed by atoms with Crippen molar-refractivity contribution in [3.05, 3.63) is 55.4 Å². The van der Waals surface area contributed by atoms with Gasteiger partial charge < -0.3 is 10.6 Å². The van der Waals surface area contributed by atoms with Gasteiger partial charge in [0.1, 0.15) is 24.3 Å². The summed E-state index contributed by atoms with van der Waals surface area (Å²) in [5.41, 5.74) is 1.66. The Balaban J connectivity index is 1.64. The molecular formula is C18H20N6O. The first-order chi connectivity index (χ1) is 12.2. The van der Waals surface area contributed by atoms with Gasteiger partial charge in [0, 0.05) is 36.3 Å². The predicted octanol–water partition coefficient (Wildman–Crippen LogP) is 3.53. The summed E-state index contributed by atoms with van der Waals surface area (Å²) >= 11 is 0. The summed E-state index contributed by atoms with van der Waals surface area (Å²) in [6, 6.07) is 9.36. The average Bonchev–Trinajstić information content (AvgIpc) is 3.17. The second kappa shape index (κ2) is 8.05. The molecule has 25 heavy (non-hydrogen) atoms. The molecule has 0 aliphatic heterocycles. The Kier molecular flexibility index (Phi) is 5.36. The van der Waals surface area contributed by atoms with Gasteiger partial charge in [0.25, 0.3) is 0 Å². The molecule has 3 aromatic rings. The van der Waals surface area contributed by atoms with E-state index >= 15 is 0 Å². The van der Waals surface area contributed by atoms with E-state index in [4.69, 9.17) is 0 Å². The molecule has 7 heteroatoms. The Morgan fingerprint density at radius 1 is 1.16 bits per heavy atom. The molecule has 0 aliphatic rings. The molecule has 128 valence electrons. The SMILES string of the molecule is CCCCC(=O)Nc1ccc(Nc2cc(-n3ccnc3)ncn2)cc1. The first-order valence-corrected chi connectivity index (χ1v) is 8.22. The number of rotatable bonds is 7. The highest BCUT2D eigenvalue weighted by Gasteiger charge is 2.03. The summed E-state index contributed by atoms with van der Waals surface area (Å²) in [6.45, 7) is 2.07. The highest BCUT2D eigenvalue weighted by molar-refractivity contribution is 5.90. The molecule has 0 bridgehead atoms. The van der Waals surface area contributed by atoms with E-state index in [1.807, 2.05) is 41.1 Å². The van der Waals surface area contributed by atoms with Crippen LogP contribution in [-0.4, -0.2) is 25.4 Å². The average molecular weight is 336 g/mol. The first kappa shape index (κ1) is 16.6. The molecular weight excluding hydrogens is 316 g/mol. The minimum Gasteiger partial charge on any atom is -0.340 e. The van der Waals surface area contributed by atoms with Gasteiger partial charge in [0.2, 0.25) is 5.91 Å². The molecule has 1 aromatic carbocycles. The van der Waals surface area contributed by atoms with Gasteiger partial charge in [-0.25, -0.2) is 15.0 Å². The number of unbranched alkanes of at least 4 members (excludes halogenated alkanes) is 1. The van der Waals surface area contributed by atoms with E-state index in [0.29, 0.717) is 12.2 Å². The van der Waals surface area contributed by atoms with Crippen LogP contribution in [0.15, 0.2) is 55.4 Å². The van der Waals surface area contributed by atoms with Gasteiger partial charge >= 0.3 is 0 Å². The number of amides is 1. The van der Waals surface area contributed by atoms with Crippen LogP contribution in [0, 0.1) is 0 Å². The minimum atomic E-state index is 0.0448. The van der Waals surface area contributed by atoms with Crippen molar-refractivity contribution in [1.29, 1.82) is 0 Å². The smallest absolute Gasteiger partial charge is 0.224 e. The summed E-state index contributed by atoms with van der Waals surface area (Å²) in [4.78, 5) is 24.2. The number of carbonyl (C=O) groups is 1. The lowest BCUT2D eigenvalue weighted by atomic mass is 10.2. The molecule has 0 saturated heterocycles. The van der Waals surface area contributed by atoms with E-state index in [0.717, 1.165) is 30.0 Å². The van der Waals surface area contributed by atoms with E-state index in [2.05, 4.69) is 32.5 Å². The minimum absolute atomic E-state index is 0.0448. The number of anilines is 3. The number of imidazole rings is 1. The third-order valence-electron chi connectivity index (χ3n) is 3.62. The van der Waals surface area contributed by atoms with Crippen LogP contribution >= 0.6 is 0 Å². The maximum absolute atomic E-state index is 11.7. The maximum Gasteiger partial charge on any atom is 0.224 e. The van der Waals surface area contributed by atoms with Gasteiger partial charge in [-0.2, -0.15) is 0 Å². The lowest BCUT2D eigenvalue weighted by molar-refractivity contribution is -0.116. The number of nitrogens with one attached hydrogen (secondary N) is 2. The fraction of sp³-hybridized carbons (Fsp3) is 0.222. The Labute approximate surface area is 146 Å². The van der Waals surface area contributed by atoms with Crippen LogP contribution in [0.2, 0.25) is 0 Å². The fourth-order valence-electron chi connectivity index (χ4n) is 2.30. The molecule has 7 nitrogen and oxygen atoms in total. The predicted molar refractivity (Wildman–Crippen MR) is 97.0 cm³/mol. The Hall–Kier alpha value is -3.22. The number of nitrogens with zero attached hydrogens (tertiary/aromatic N) is 4. The molecule has 2 aromatic heterocycles. The van der Waals surface area contributed by atoms with Crippen LogP contribution in [-0.2, 0) is 4.79 Å². The van der Waals surface area contributed by atoms with Crippen LogP contribution in [0.5, 0.6) is 0 Å². The van der Waals surface area contributed by atoms with Crippen molar-refractivity contribution < 1.29 is 4.79 Å². The first-order valence-electron chi connectivity index (χ1n) is 8.22. The zero-order chi connectivity index (χ0) is 17.5. The number of carbonyl (C=O) groups excluding carboxylic acids is 1. The zero-order valence-electron chi connectivity index (χ0n) is 14.0. The fourth-order valence-corrected chi connectivity index (χ4v) is 2.30. The van der Waals surface area contributed by atoms with Crippen molar-refractivity contribution in [3.63, 3.8) is 0 Å². The molecule has 0 saturated carbocycles. The molecule has 2 heterocycles. The van der Waals surface area contributed by atoms with Gasteiger partial charge in [-0.15, -0.1) is 0 Å². The van der Waals surface area contributed by atoms with Gasteiger partial charge in [-0.3, -0.25) is 9.36 Å². The van der Waals surface area contributed by atoms with E-state index in [1.54, 1.807) is 12.5 Å². The van der Waals surface area contributed by atoms with Crippen LogP contribution in [0.1, 0.15) is 26.2 Å². The molecule has 0 fully saturated rings. The van der Waals surface area contributed by atoms with Gasteiger partial charge in [0.05, 0.1) is 0 Å². The zero-order valence-corrected chi connectivity index (χ0v) is 14.0. The van der Waals surface area contributed by atoms with Crippen molar-refractivity contribution >= 4 is 23.1 Å². The van der Waals surface area contributed by atoms with Crippen LogP contribution in [0.3, 0.4) is 0 Å². The van der Waals surface area contributed by atoms with Crippen molar-refractivity contribution in [2.75, 3.05) is 10.6 Å². The molecule has 0 aliphatic carbocycles. The standard InChI is InChI=1S/C18H20N6O/c1-2-3-4-18(25)23-15-7-5-14(6-8-15)22-16-11-17(21-12-20-16)24-10-9-19-13-24/h5-13H,2-4H2,1H3,(H,23,25)(H,20,21,22).